The van der Waals surface area contributed by atoms with Crippen LogP contribution in [0, 0.1) is 0 Å². The van der Waals surface area contributed by atoms with Crippen LogP contribution in [0.4, 0.5) is 0 Å². The summed E-state index contributed by atoms with van der Waals surface area (Å²) >= 11 is 0. The van der Waals surface area contributed by atoms with Crippen molar-refractivity contribution in [1.29, 1.82) is 0 Å². The Bertz CT molecular complexity index is 452. The molecule has 0 heterocycles. The van der Waals surface area contributed by atoms with Gasteiger partial charge in [-0.05, 0) is 31.7 Å². The molecule has 6 heteroatoms. The topological polar surface area (TPSA) is 62.7 Å². The van der Waals surface area contributed by atoms with Crippen molar-refractivity contribution in [1.82, 2.24) is 10.6 Å². The quantitative estimate of drug-likeness (QED) is 0.207. The molecule has 0 bridgehead atoms. The second-order valence-corrected chi connectivity index (χ2v) is 4.92. The molecule has 1 rings (SSSR count). The Labute approximate surface area is 156 Å². The molecular weight excluding hydrogens is 405 g/mol. The first-order valence-electron chi connectivity index (χ1n) is 7.90. The van der Waals surface area contributed by atoms with E-state index in [0.717, 1.165) is 31.8 Å². The molecule has 0 aliphatic rings. The summed E-state index contributed by atoms with van der Waals surface area (Å²) in [6.45, 7) is 3.83. The molecule has 0 fully saturated rings. The zero-order valence-electron chi connectivity index (χ0n) is 14.0. The average Bonchev–Trinajstić information content (AvgIpc) is 2.54. The molecule has 0 aliphatic carbocycles. The Morgan fingerprint density at radius 2 is 1.78 bits per heavy atom. The predicted molar refractivity (Wildman–Crippen MR) is 105 cm³/mol. The number of carbonyl (C=O) groups excluding carboxylic acids is 1. The summed E-state index contributed by atoms with van der Waals surface area (Å²) in [5.74, 6) is 0.632. The van der Waals surface area contributed by atoms with Crippen molar-refractivity contribution in [3.8, 4) is 0 Å². The van der Waals surface area contributed by atoms with E-state index in [2.05, 4.69) is 39.9 Å². The van der Waals surface area contributed by atoms with Gasteiger partial charge < -0.3 is 15.4 Å². The largest absolute Gasteiger partial charge is 0.466 e. The number of benzene rings is 1. The van der Waals surface area contributed by atoms with Gasteiger partial charge in [0.1, 0.15) is 0 Å². The Morgan fingerprint density at radius 1 is 1.13 bits per heavy atom. The lowest BCUT2D eigenvalue weighted by molar-refractivity contribution is -0.143. The second kappa shape index (κ2) is 14.3. The van der Waals surface area contributed by atoms with Crippen LogP contribution < -0.4 is 10.6 Å². The molecule has 0 aliphatic heterocycles. The summed E-state index contributed by atoms with van der Waals surface area (Å²) in [4.78, 5) is 15.4. The maximum absolute atomic E-state index is 11.2. The number of rotatable bonds is 9. The van der Waals surface area contributed by atoms with E-state index in [-0.39, 0.29) is 29.9 Å². The van der Waals surface area contributed by atoms with Gasteiger partial charge in [-0.15, -0.1) is 24.0 Å². The first kappa shape index (κ1) is 21.7. The summed E-state index contributed by atoms with van der Waals surface area (Å²) < 4.78 is 4.88. The maximum Gasteiger partial charge on any atom is 0.305 e. The van der Waals surface area contributed by atoms with Crippen molar-refractivity contribution in [3.63, 3.8) is 0 Å². The van der Waals surface area contributed by atoms with Gasteiger partial charge in [-0.25, -0.2) is 0 Å². The Hall–Kier alpha value is -1.31. The van der Waals surface area contributed by atoms with Gasteiger partial charge in [0, 0.05) is 26.6 Å². The molecule has 0 spiro atoms. The fraction of sp³-hybridized carbons (Fsp3) is 0.529. The molecule has 0 unspecified atom stereocenters. The van der Waals surface area contributed by atoms with E-state index in [0.29, 0.717) is 19.6 Å². The number of hydrogen-bond donors (Lipinski definition) is 2. The van der Waals surface area contributed by atoms with E-state index in [4.69, 9.17) is 4.74 Å². The zero-order valence-corrected chi connectivity index (χ0v) is 16.3. The summed E-state index contributed by atoms with van der Waals surface area (Å²) in [7, 11) is 1.75. The smallest absolute Gasteiger partial charge is 0.305 e. The van der Waals surface area contributed by atoms with Gasteiger partial charge in [-0.1, -0.05) is 30.3 Å². The third kappa shape index (κ3) is 11.0. The SMILES string of the molecule is CCOC(=O)CCCNC(=NC)NCCCc1ccccc1.I. The van der Waals surface area contributed by atoms with Gasteiger partial charge in [0.05, 0.1) is 6.61 Å². The van der Waals surface area contributed by atoms with Gasteiger partial charge in [-0.3, -0.25) is 9.79 Å². The lowest BCUT2D eigenvalue weighted by Crippen LogP contribution is -2.38. The Balaban J connectivity index is 0.00000484. The molecule has 0 atom stereocenters. The zero-order chi connectivity index (χ0) is 16.0. The predicted octanol–water partition coefficient (Wildman–Crippen LogP) is 2.75. The van der Waals surface area contributed by atoms with Crippen LogP contribution in [0.3, 0.4) is 0 Å². The van der Waals surface area contributed by atoms with Crippen LogP contribution in [0.1, 0.15) is 31.7 Å². The minimum Gasteiger partial charge on any atom is -0.466 e. The van der Waals surface area contributed by atoms with Gasteiger partial charge in [0.25, 0.3) is 0 Å². The van der Waals surface area contributed by atoms with Crippen LogP contribution in [0.15, 0.2) is 35.3 Å². The third-order valence-corrected chi connectivity index (χ3v) is 3.16. The number of esters is 1. The first-order chi connectivity index (χ1) is 10.8. The van der Waals surface area contributed by atoms with Crippen LogP contribution in [0.2, 0.25) is 0 Å². The van der Waals surface area contributed by atoms with Crippen molar-refractivity contribution in [3.05, 3.63) is 35.9 Å². The van der Waals surface area contributed by atoms with Crippen LogP contribution in [-0.2, 0) is 16.0 Å². The van der Waals surface area contributed by atoms with E-state index < -0.39 is 0 Å². The van der Waals surface area contributed by atoms with Crippen molar-refractivity contribution in [2.75, 3.05) is 26.7 Å². The third-order valence-electron chi connectivity index (χ3n) is 3.16. The van der Waals surface area contributed by atoms with E-state index in [1.807, 2.05) is 13.0 Å². The summed E-state index contributed by atoms with van der Waals surface area (Å²) in [5.41, 5.74) is 1.35. The highest BCUT2D eigenvalue weighted by Crippen LogP contribution is 2.01. The lowest BCUT2D eigenvalue weighted by Gasteiger charge is -2.11. The molecule has 0 saturated carbocycles. The van der Waals surface area contributed by atoms with Gasteiger partial charge in [0.2, 0.25) is 0 Å². The number of ether oxygens (including phenoxy) is 1. The summed E-state index contributed by atoms with van der Waals surface area (Å²) in [5, 5.41) is 6.47. The standard InChI is InChI=1S/C17H27N3O2.HI/c1-3-22-16(21)12-8-14-20-17(18-2)19-13-7-11-15-9-5-4-6-10-15;/h4-6,9-10H,3,7-8,11-14H2,1-2H3,(H2,18,19,20);1H. The molecule has 0 saturated heterocycles. The van der Waals surface area contributed by atoms with E-state index >= 15 is 0 Å². The van der Waals surface area contributed by atoms with Crippen LogP contribution in [0.25, 0.3) is 0 Å². The van der Waals surface area contributed by atoms with Gasteiger partial charge >= 0.3 is 5.97 Å². The molecule has 5 nitrogen and oxygen atoms in total. The number of hydrogen-bond acceptors (Lipinski definition) is 3. The minimum absolute atomic E-state index is 0. The lowest BCUT2D eigenvalue weighted by atomic mass is 10.1. The van der Waals surface area contributed by atoms with E-state index in [9.17, 15) is 4.79 Å². The minimum atomic E-state index is -0.143. The number of halogens is 1. The number of nitrogens with zero attached hydrogens (tertiary/aromatic N) is 1. The molecule has 130 valence electrons. The Kier molecular flexibility index (Phi) is 13.5. The van der Waals surface area contributed by atoms with E-state index in [1.165, 1.54) is 5.56 Å². The van der Waals surface area contributed by atoms with Crippen LogP contribution in [-0.4, -0.2) is 38.7 Å². The molecular formula is C17H28IN3O2. The summed E-state index contributed by atoms with van der Waals surface area (Å²) in [6, 6.07) is 10.4. The monoisotopic (exact) mass is 433 g/mol. The number of carbonyl (C=O) groups is 1. The molecule has 23 heavy (non-hydrogen) atoms. The van der Waals surface area contributed by atoms with Crippen molar-refractivity contribution in [2.45, 2.75) is 32.6 Å². The normalized spacial score (nSPS) is 10.6. The summed E-state index contributed by atoms with van der Waals surface area (Å²) in [6.07, 6.45) is 3.27. The highest BCUT2D eigenvalue weighted by Gasteiger charge is 2.02. The number of nitrogens with one attached hydrogen (secondary N) is 2. The number of guanidine groups is 1. The highest BCUT2D eigenvalue weighted by molar-refractivity contribution is 14.0. The highest BCUT2D eigenvalue weighted by atomic mass is 127. The fourth-order valence-electron chi connectivity index (χ4n) is 2.04. The van der Waals surface area contributed by atoms with Gasteiger partial charge in [0.15, 0.2) is 5.96 Å². The number of aliphatic imine (C=N–C) groups is 1. The van der Waals surface area contributed by atoms with Crippen LogP contribution >= 0.6 is 24.0 Å². The fourth-order valence-corrected chi connectivity index (χ4v) is 2.04. The molecule has 0 aromatic heterocycles. The second-order valence-electron chi connectivity index (χ2n) is 4.92. The van der Waals surface area contributed by atoms with Crippen molar-refractivity contribution >= 4 is 35.9 Å². The average molecular weight is 433 g/mol. The molecule has 1 aromatic carbocycles. The maximum atomic E-state index is 11.2. The van der Waals surface area contributed by atoms with Crippen molar-refractivity contribution in [2.24, 2.45) is 4.99 Å². The molecule has 2 N–H and O–H groups in total. The van der Waals surface area contributed by atoms with Crippen molar-refractivity contribution < 1.29 is 9.53 Å². The van der Waals surface area contributed by atoms with Crippen LogP contribution in [0.5, 0.6) is 0 Å². The number of aryl methyl sites for hydroxylation is 1. The molecule has 0 radical (unpaired) electrons. The Morgan fingerprint density at radius 3 is 2.39 bits per heavy atom. The molecule has 0 amide bonds. The first-order valence-corrected chi connectivity index (χ1v) is 7.90. The molecule has 1 aromatic rings. The van der Waals surface area contributed by atoms with Gasteiger partial charge in [-0.2, -0.15) is 0 Å². The van der Waals surface area contributed by atoms with E-state index in [1.54, 1.807) is 7.05 Å².